The Bertz CT molecular complexity index is 924. The van der Waals surface area contributed by atoms with E-state index >= 15 is 0 Å². The van der Waals surface area contributed by atoms with E-state index in [2.05, 4.69) is 6.58 Å². The maximum atomic E-state index is 13.4. The Kier molecular flexibility index (Phi) is 5.10. The van der Waals surface area contributed by atoms with Crippen molar-refractivity contribution in [2.45, 2.75) is 37.5 Å². The summed E-state index contributed by atoms with van der Waals surface area (Å²) in [5, 5.41) is 11.8. The molecule has 0 saturated carbocycles. The van der Waals surface area contributed by atoms with Crippen LogP contribution in [-0.2, 0) is 20.7 Å². The highest BCUT2D eigenvalue weighted by molar-refractivity contribution is 5.91. The summed E-state index contributed by atoms with van der Waals surface area (Å²) in [5.41, 5.74) is 0.973. The van der Waals surface area contributed by atoms with Crippen LogP contribution in [0.1, 0.15) is 18.9 Å². The second-order valence-electron chi connectivity index (χ2n) is 8.27. The number of carbonyl (C=O) groups excluding carboxylic acids is 2. The van der Waals surface area contributed by atoms with E-state index in [4.69, 9.17) is 14.2 Å². The van der Waals surface area contributed by atoms with E-state index in [1.807, 2.05) is 31.2 Å². The van der Waals surface area contributed by atoms with Crippen molar-refractivity contribution in [3.8, 4) is 11.5 Å². The molecule has 2 fully saturated rings. The molecule has 3 aliphatic heterocycles. The summed E-state index contributed by atoms with van der Waals surface area (Å²) in [6.45, 7) is 6.35. The second kappa shape index (κ2) is 7.47. The number of likely N-dealkylation sites (tertiary alicyclic amines) is 1. The van der Waals surface area contributed by atoms with Gasteiger partial charge in [-0.3, -0.25) is 4.79 Å². The number of ether oxygens (including phenoxy) is 3. The molecule has 0 aromatic heterocycles. The van der Waals surface area contributed by atoms with Crippen LogP contribution in [0.15, 0.2) is 42.5 Å². The molecule has 1 aromatic carbocycles. The van der Waals surface area contributed by atoms with E-state index in [1.54, 1.807) is 25.2 Å². The Labute approximate surface area is 175 Å². The zero-order chi connectivity index (χ0) is 21.6. The van der Waals surface area contributed by atoms with Crippen molar-refractivity contribution in [2.24, 2.45) is 11.8 Å². The summed E-state index contributed by atoms with van der Waals surface area (Å²) in [7, 11) is 3.16. The number of fused-ring (bicyclic) bond motifs is 1. The predicted molar refractivity (Wildman–Crippen MR) is 107 cm³/mol. The third-order valence-electron chi connectivity index (χ3n) is 6.44. The lowest BCUT2D eigenvalue weighted by Gasteiger charge is -2.33. The Morgan fingerprint density at radius 3 is 2.67 bits per heavy atom. The van der Waals surface area contributed by atoms with Crippen molar-refractivity contribution < 1.29 is 28.9 Å². The molecule has 1 amide bonds. The van der Waals surface area contributed by atoms with Crippen molar-refractivity contribution in [1.82, 2.24) is 4.90 Å². The largest absolute Gasteiger partial charge is 0.550 e. The molecule has 30 heavy (non-hydrogen) atoms. The van der Waals surface area contributed by atoms with E-state index in [-0.39, 0.29) is 11.9 Å². The summed E-state index contributed by atoms with van der Waals surface area (Å²) in [6.07, 6.45) is 4.16. The van der Waals surface area contributed by atoms with Gasteiger partial charge in [0.1, 0.15) is 5.60 Å². The van der Waals surface area contributed by atoms with Crippen LogP contribution in [0.4, 0.5) is 0 Å². The fourth-order valence-electron chi connectivity index (χ4n) is 5.14. The quantitative estimate of drug-likeness (QED) is 0.595. The average molecular weight is 412 g/mol. The number of methoxy groups -OCH3 is 2. The molecule has 0 N–H and O–H groups in total. The Balaban J connectivity index is 1.61. The molecule has 3 heterocycles. The lowest BCUT2D eigenvalue weighted by Crippen LogP contribution is -2.46. The molecule has 7 heteroatoms. The van der Waals surface area contributed by atoms with Gasteiger partial charge in [0.2, 0.25) is 5.91 Å². The van der Waals surface area contributed by atoms with Gasteiger partial charge in [-0.2, -0.15) is 0 Å². The summed E-state index contributed by atoms with van der Waals surface area (Å²) in [6, 6.07) is 5.36. The van der Waals surface area contributed by atoms with Gasteiger partial charge >= 0.3 is 0 Å². The Hall–Kier alpha value is -2.80. The molecule has 5 atom stereocenters. The first kappa shape index (κ1) is 20.5. The van der Waals surface area contributed by atoms with E-state index in [1.165, 1.54) is 0 Å². The predicted octanol–water partition coefficient (Wildman–Crippen LogP) is 1.11. The van der Waals surface area contributed by atoms with Crippen LogP contribution in [0.2, 0.25) is 0 Å². The summed E-state index contributed by atoms with van der Waals surface area (Å²) >= 11 is 0. The first-order valence-corrected chi connectivity index (χ1v) is 10.1. The molecular formula is C23H26NO6-. The van der Waals surface area contributed by atoms with Crippen molar-refractivity contribution in [2.75, 3.05) is 20.8 Å². The number of nitrogens with zero attached hydrogens (tertiary/aromatic N) is 1. The molecule has 1 spiro atoms. The Morgan fingerprint density at radius 2 is 2.03 bits per heavy atom. The van der Waals surface area contributed by atoms with E-state index in [9.17, 15) is 14.7 Å². The SMILES string of the molecule is C=C(C)C[C@@H]1N(CCc2ccc(OC)c(OC)c2)C(=O)[C@@H]2[C@H](C(=O)[O-])[C@H]3C=C[C@]21O3. The molecule has 2 bridgehead atoms. The molecule has 7 nitrogen and oxygen atoms in total. The molecule has 4 rings (SSSR count). The van der Waals surface area contributed by atoms with Gasteiger partial charge in [-0.05, 0) is 37.5 Å². The maximum Gasteiger partial charge on any atom is 0.230 e. The number of carboxylic acid groups (broad SMARTS) is 1. The first-order valence-electron chi connectivity index (χ1n) is 10.1. The molecule has 3 aliphatic rings. The number of carbonyl (C=O) groups is 2. The number of hydrogen-bond donors (Lipinski definition) is 0. The normalized spacial score (nSPS) is 31.2. The van der Waals surface area contributed by atoms with Gasteiger partial charge in [-0.25, -0.2) is 0 Å². The van der Waals surface area contributed by atoms with Gasteiger partial charge in [-0.1, -0.05) is 23.8 Å². The number of rotatable bonds is 8. The minimum absolute atomic E-state index is 0.192. The van der Waals surface area contributed by atoms with Gasteiger partial charge in [0.15, 0.2) is 11.5 Å². The Morgan fingerprint density at radius 1 is 1.30 bits per heavy atom. The van der Waals surface area contributed by atoms with E-state index < -0.39 is 29.5 Å². The highest BCUT2D eigenvalue weighted by atomic mass is 16.5. The number of benzene rings is 1. The lowest BCUT2D eigenvalue weighted by molar-refractivity contribution is -0.313. The van der Waals surface area contributed by atoms with Gasteiger partial charge < -0.3 is 29.0 Å². The van der Waals surface area contributed by atoms with E-state index in [0.29, 0.717) is 30.9 Å². The summed E-state index contributed by atoms with van der Waals surface area (Å²) in [4.78, 5) is 26.9. The van der Waals surface area contributed by atoms with Crippen LogP contribution in [-0.4, -0.2) is 55.3 Å². The fraction of sp³-hybridized carbons (Fsp3) is 0.478. The van der Waals surface area contributed by atoms with Crippen molar-refractivity contribution in [3.63, 3.8) is 0 Å². The fourth-order valence-corrected chi connectivity index (χ4v) is 5.14. The average Bonchev–Trinajstić information content (AvgIpc) is 3.35. The first-order chi connectivity index (χ1) is 14.3. The maximum absolute atomic E-state index is 13.4. The summed E-state index contributed by atoms with van der Waals surface area (Å²) in [5.74, 6) is -1.88. The van der Waals surface area contributed by atoms with Crippen LogP contribution in [0.5, 0.6) is 11.5 Å². The number of amides is 1. The van der Waals surface area contributed by atoms with Crippen molar-refractivity contribution >= 4 is 11.9 Å². The van der Waals surface area contributed by atoms with Crippen molar-refractivity contribution in [1.29, 1.82) is 0 Å². The minimum atomic E-state index is -1.24. The van der Waals surface area contributed by atoms with Gasteiger partial charge in [0, 0.05) is 18.4 Å². The monoisotopic (exact) mass is 412 g/mol. The zero-order valence-corrected chi connectivity index (χ0v) is 17.4. The van der Waals surface area contributed by atoms with Gasteiger partial charge in [-0.15, -0.1) is 6.58 Å². The molecule has 160 valence electrons. The van der Waals surface area contributed by atoms with Crippen LogP contribution in [0.25, 0.3) is 0 Å². The smallest absolute Gasteiger partial charge is 0.230 e. The summed E-state index contributed by atoms with van der Waals surface area (Å²) < 4.78 is 16.8. The molecule has 0 radical (unpaired) electrons. The second-order valence-corrected chi connectivity index (χ2v) is 8.27. The number of aliphatic carboxylic acids is 1. The van der Waals surface area contributed by atoms with Crippen LogP contribution >= 0.6 is 0 Å². The lowest BCUT2D eigenvalue weighted by atomic mass is 9.74. The van der Waals surface area contributed by atoms with E-state index in [0.717, 1.165) is 11.1 Å². The molecule has 0 aliphatic carbocycles. The topological polar surface area (TPSA) is 88.1 Å². The van der Waals surface area contributed by atoms with Crippen LogP contribution in [0.3, 0.4) is 0 Å². The van der Waals surface area contributed by atoms with Crippen LogP contribution < -0.4 is 14.6 Å². The minimum Gasteiger partial charge on any atom is -0.550 e. The number of carboxylic acids is 1. The van der Waals surface area contributed by atoms with Gasteiger partial charge in [0.05, 0.1) is 32.3 Å². The highest BCUT2D eigenvalue weighted by Gasteiger charge is 2.69. The molecular weight excluding hydrogens is 386 g/mol. The van der Waals surface area contributed by atoms with Crippen LogP contribution in [0, 0.1) is 11.8 Å². The highest BCUT2D eigenvalue weighted by Crippen LogP contribution is 2.55. The molecule has 1 aromatic rings. The third kappa shape index (κ3) is 2.99. The third-order valence-corrected chi connectivity index (χ3v) is 6.44. The molecule has 2 saturated heterocycles. The standard InChI is InChI=1S/C23H27NO6/c1-13(2)11-18-23-9-7-16(30-23)19(22(26)27)20(23)21(25)24(18)10-8-14-5-6-15(28-3)17(12-14)29-4/h5-7,9,12,16,18-20H,1,8,10-11H2,2-4H3,(H,26,27)/p-1/t16-,18+,19-,20+,23-/m1/s1. The van der Waals surface area contributed by atoms with Crippen molar-refractivity contribution in [3.05, 3.63) is 48.1 Å². The van der Waals surface area contributed by atoms with Gasteiger partial charge in [0.25, 0.3) is 0 Å². The zero-order valence-electron chi connectivity index (χ0n) is 17.4. The number of hydrogen-bond acceptors (Lipinski definition) is 6. The molecule has 0 unspecified atom stereocenters.